The number of hydrogen-bond donors (Lipinski definition) is 1. The Labute approximate surface area is 125 Å². The Morgan fingerprint density at radius 1 is 1.45 bits per heavy atom. The zero-order chi connectivity index (χ0) is 14.3. The molecule has 1 aliphatic carbocycles. The van der Waals surface area contributed by atoms with Crippen molar-refractivity contribution in [3.8, 4) is 0 Å². The molecule has 1 atom stereocenters. The summed E-state index contributed by atoms with van der Waals surface area (Å²) in [5.74, 6) is 0.194. The number of carbonyl (C=O) groups excluding carboxylic acids is 2. The van der Waals surface area contributed by atoms with Crippen LogP contribution in [-0.4, -0.2) is 33.8 Å². The van der Waals surface area contributed by atoms with Gasteiger partial charge >= 0.3 is 0 Å². The van der Waals surface area contributed by atoms with E-state index in [2.05, 4.69) is 26.2 Å². The normalized spacial score (nSPS) is 26.6. The molecule has 1 N–H and O–H groups in total. The van der Waals surface area contributed by atoms with Gasteiger partial charge in [-0.2, -0.15) is 0 Å². The molecule has 5 nitrogen and oxygen atoms in total. The van der Waals surface area contributed by atoms with Gasteiger partial charge in [0.25, 0.3) is 0 Å². The molecule has 1 saturated heterocycles. The Morgan fingerprint density at radius 3 is 2.80 bits per heavy atom. The van der Waals surface area contributed by atoms with E-state index < -0.39 is 5.54 Å². The van der Waals surface area contributed by atoms with Crippen LogP contribution in [0.25, 0.3) is 0 Å². The van der Waals surface area contributed by atoms with E-state index in [9.17, 15) is 9.59 Å². The second-order valence-corrected chi connectivity index (χ2v) is 6.57. The molecule has 1 aromatic heterocycles. The largest absolute Gasteiger partial charge is 0.340 e. The van der Waals surface area contributed by atoms with Crippen molar-refractivity contribution < 1.29 is 9.59 Å². The van der Waals surface area contributed by atoms with Gasteiger partial charge in [0.05, 0.1) is 12.2 Å². The summed E-state index contributed by atoms with van der Waals surface area (Å²) in [4.78, 5) is 30.4. The summed E-state index contributed by atoms with van der Waals surface area (Å²) in [6, 6.07) is 3.75. The molecule has 2 fully saturated rings. The highest BCUT2D eigenvalue weighted by atomic mass is 79.9. The van der Waals surface area contributed by atoms with Crippen molar-refractivity contribution in [1.29, 1.82) is 0 Å². The van der Waals surface area contributed by atoms with Crippen molar-refractivity contribution in [3.63, 3.8) is 0 Å². The summed E-state index contributed by atoms with van der Waals surface area (Å²) >= 11 is 3.33. The predicted molar refractivity (Wildman–Crippen MR) is 76.6 cm³/mol. The monoisotopic (exact) mass is 337 g/mol. The lowest BCUT2D eigenvalue weighted by atomic mass is 9.91. The Morgan fingerprint density at radius 2 is 2.20 bits per heavy atom. The van der Waals surface area contributed by atoms with E-state index in [1.165, 1.54) is 0 Å². The van der Waals surface area contributed by atoms with Crippen LogP contribution in [0.15, 0.2) is 22.8 Å². The fraction of sp³-hybridized carbons (Fsp3) is 0.500. The second kappa shape index (κ2) is 4.84. The first-order valence-electron chi connectivity index (χ1n) is 6.70. The lowest BCUT2D eigenvalue weighted by Crippen LogP contribution is -2.66. The molecule has 2 aliphatic rings. The molecular formula is C14H16BrN3O2. The van der Waals surface area contributed by atoms with Crippen molar-refractivity contribution in [3.05, 3.63) is 28.5 Å². The predicted octanol–water partition coefficient (Wildman–Crippen LogP) is 1.47. The fourth-order valence-electron chi connectivity index (χ4n) is 2.72. The van der Waals surface area contributed by atoms with E-state index in [1.54, 1.807) is 11.1 Å². The van der Waals surface area contributed by atoms with Crippen molar-refractivity contribution in [2.45, 2.75) is 31.8 Å². The Balaban J connectivity index is 1.79. The number of nitrogens with zero attached hydrogens (tertiary/aromatic N) is 2. The maximum atomic E-state index is 12.6. The third kappa shape index (κ3) is 2.44. The van der Waals surface area contributed by atoms with Gasteiger partial charge in [-0.3, -0.25) is 14.6 Å². The minimum Gasteiger partial charge on any atom is -0.340 e. The van der Waals surface area contributed by atoms with Crippen molar-refractivity contribution >= 4 is 27.7 Å². The van der Waals surface area contributed by atoms with Gasteiger partial charge in [-0.15, -0.1) is 0 Å². The molecule has 3 rings (SSSR count). The quantitative estimate of drug-likeness (QED) is 0.908. The number of hydrogen-bond acceptors (Lipinski definition) is 3. The van der Waals surface area contributed by atoms with Gasteiger partial charge in [0, 0.05) is 10.7 Å². The molecule has 0 aromatic carbocycles. The number of halogens is 1. The number of aromatic nitrogens is 1. The third-order valence-corrected chi connectivity index (χ3v) is 4.47. The molecule has 0 bridgehead atoms. The van der Waals surface area contributed by atoms with E-state index in [0.29, 0.717) is 6.54 Å². The van der Waals surface area contributed by atoms with Gasteiger partial charge in [-0.05, 0) is 53.7 Å². The summed E-state index contributed by atoms with van der Waals surface area (Å²) in [5.41, 5.74) is 0.0550. The lowest BCUT2D eigenvalue weighted by molar-refractivity contribution is -0.150. The Hall–Kier alpha value is -1.43. The molecule has 1 aromatic rings. The zero-order valence-electron chi connectivity index (χ0n) is 11.2. The van der Waals surface area contributed by atoms with Gasteiger partial charge in [-0.1, -0.05) is 0 Å². The van der Waals surface area contributed by atoms with Crippen LogP contribution >= 0.6 is 15.9 Å². The van der Waals surface area contributed by atoms with Gasteiger partial charge in [0.15, 0.2) is 0 Å². The van der Waals surface area contributed by atoms with Crippen LogP contribution in [0.2, 0.25) is 0 Å². The lowest BCUT2D eigenvalue weighted by Gasteiger charge is -2.40. The van der Waals surface area contributed by atoms with Crippen LogP contribution in [0.5, 0.6) is 0 Å². The molecule has 6 heteroatoms. The molecule has 1 saturated carbocycles. The van der Waals surface area contributed by atoms with Crippen molar-refractivity contribution in [2.75, 3.05) is 6.54 Å². The van der Waals surface area contributed by atoms with Crippen molar-refractivity contribution in [2.24, 2.45) is 5.92 Å². The minimum atomic E-state index is -0.731. The first-order chi connectivity index (χ1) is 9.49. The number of amides is 2. The van der Waals surface area contributed by atoms with Gasteiger partial charge in [0.2, 0.25) is 11.8 Å². The maximum absolute atomic E-state index is 12.6. The molecule has 0 spiro atoms. The molecule has 1 aliphatic heterocycles. The molecule has 20 heavy (non-hydrogen) atoms. The molecule has 106 valence electrons. The van der Waals surface area contributed by atoms with Crippen LogP contribution in [0, 0.1) is 5.92 Å². The van der Waals surface area contributed by atoms with Crippen LogP contribution in [0.1, 0.15) is 25.5 Å². The van der Waals surface area contributed by atoms with Crippen LogP contribution < -0.4 is 5.32 Å². The van der Waals surface area contributed by atoms with E-state index in [4.69, 9.17) is 0 Å². The standard InChI is InChI=1S/C14H16BrN3O2/c1-14(9-2-3-9)13(20)18(8-12(19)17-14)7-11-5-4-10(15)6-16-11/h4-6,9H,2-3,7-8H2,1H3,(H,17,19). The Bertz CT molecular complexity index is 556. The fourth-order valence-corrected chi connectivity index (χ4v) is 2.95. The molecule has 0 radical (unpaired) electrons. The molecular weight excluding hydrogens is 322 g/mol. The highest BCUT2D eigenvalue weighted by molar-refractivity contribution is 9.10. The number of nitrogens with one attached hydrogen (secondary N) is 1. The van der Waals surface area contributed by atoms with Crippen LogP contribution in [0.3, 0.4) is 0 Å². The minimum absolute atomic E-state index is 0.00400. The summed E-state index contributed by atoms with van der Waals surface area (Å²) in [5, 5.41) is 2.87. The number of rotatable bonds is 3. The average Bonchev–Trinajstić information content (AvgIpc) is 3.23. The van der Waals surface area contributed by atoms with Gasteiger partial charge < -0.3 is 10.2 Å². The smallest absolute Gasteiger partial charge is 0.249 e. The summed E-state index contributed by atoms with van der Waals surface area (Å²) < 4.78 is 0.895. The maximum Gasteiger partial charge on any atom is 0.249 e. The van der Waals surface area contributed by atoms with Crippen LogP contribution in [-0.2, 0) is 16.1 Å². The van der Waals surface area contributed by atoms with Crippen LogP contribution in [0.4, 0.5) is 0 Å². The number of piperazine rings is 1. The van der Waals surface area contributed by atoms with Crippen molar-refractivity contribution in [1.82, 2.24) is 15.2 Å². The SMILES string of the molecule is CC1(C2CC2)NC(=O)CN(Cc2ccc(Br)cn2)C1=O. The van der Waals surface area contributed by atoms with Gasteiger partial charge in [-0.25, -0.2) is 0 Å². The van der Waals surface area contributed by atoms with E-state index in [0.717, 1.165) is 23.0 Å². The summed E-state index contributed by atoms with van der Waals surface area (Å²) in [6.07, 6.45) is 3.71. The van der Waals surface area contributed by atoms with Gasteiger partial charge in [0.1, 0.15) is 12.1 Å². The molecule has 2 heterocycles. The number of carbonyl (C=O) groups is 2. The molecule has 1 unspecified atom stereocenters. The van der Waals surface area contributed by atoms with E-state index in [-0.39, 0.29) is 24.3 Å². The van der Waals surface area contributed by atoms with E-state index in [1.807, 2.05) is 19.1 Å². The highest BCUT2D eigenvalue weighted by Crippen LogP contribution is 2.41. The summed E-state index contributed by atoms with van der Waals surface area (Å²) in [6.45, 7) is 2.33. The zero-order valence-corrected chi connectivity index (χ0v) is 12.8. The van der Waals surface area contributed by atoms with E-state index >= 15 is 0 Å². The average molecular weight is 338 g/mol. The highest BCUT2D eigenvalue weighted by Gasteiger charge is 2.52. The first kappa shape index (κ1) is 13.5. The molecule has 2 amide bonds. The third-order valence-electron chi connectivity index (χ3n) is 4.00. The Kier molecular flexibility index (Phi) is 3.28. The first-order valence-corrected chi connectivity index (χ1v) is 7.49. The topological polar surface area (TPSA) is 62.3 Å². The summed E-state index contributed by atoms with van der Waals surface area (Å²) in [7, 11) is 0. The second-order valence-electron chi connectivity index (χ2n) is 5.65. The number of pyridine rings is 1.